The molecule has 0 aliphatic carbocycles. The zero-order valence-electron chi connectivity index (χ0n) is 12.9. The largest absolute Gasteiger partial charge is 2.00 e. The molecular formula is C18H14BrClMgO2. The normalized spacial score (nSPS) is 9.70. The molecule has 3 rings (SSSR count). The van der Waals surface area contributed by atoms with Crippen LogP contribution in [0.4, 0.5) is 0 Å². The molecule has 0 aromatic heterocycles. The molecule has 0 aliphatic heterocycles. The van der Waals surface area contributed by atoms with Crippen LogP contribution in [0.25, 0.3) is 21.9 Å². The maximum absolute atomic E-state index is 6.06. The van der Waals surface area contributed by atoms with Gasteiger partial charge < -0.3 is 26.5 Å². The summed E-state index contributed by atoms with van der Waals surface area (Å²) in [5, 5.41) is 2.92. The molecule has 0 radical (unpaired) electrons. The molecule has 0 spiro atoms. The summed E-state index contributed by atoms with van der Waals surface area (Å²) in [4.78, 5) is 0. The third-order valence-electron chi connectivity index (χ3n) is 3.45. The molecule has 114 valence electrons. The number of benzene rings is 3. The Bertz CT molecular complexity index is 808. The molecule has 0 unspecified atom stereocenters. The van der Waals surface area contributed by atoms with Gasteiger partial charge in [0, 0.05) is 5.02 Å². The van der Waals surface area contributed by atoms with Crippen LogP contribution in [-0.2, 0) is 0 Å². The molecule has 0 atom stereocenters. The van der Waals surface area contributed by atoms with E-state index in [0.29, 0.717) is 11.5 Å². The van der Waals surface area contributed by atoms with E-state index < -0.39 is 0 Å². The molecule has 0 saturated heterocycles. The Kier molecular flexibility index (Phi) is 7.68. The van der Waals surface area contributed by atoms with Gasteiger partial charge in [-0.1, -0.05) is 52.9 Å². The fraction of sp³-hybridized carbons (Fsp3) is 0.111. The van der Waals surface area contributed by atoms with Crippen molar-refractivity contribution in [3.8, 4) is 22.6 Å². The van der Waals surface area contributed by atoms with E-state index in [-0.39, 0.29) is 40.0 Å². The molecule has 3 aromatic rings. The fourth-order valence-electron chi connectivity index (χ4n) is 2.42. The summed E-state index contributed by atoms with van der Waals surface area (Å²) in [6.07, 6.45) is 0. The van der Waals surface area contributed by atoms with Crippen LogP contribution in [0.1, 0.15) is 0 Å². The van der Waals surface area contributed by atoms with Gasteiger partial charge in [0.2, 0.25) is 0 Å². The van der Waals surface area contributed by atoms with Gasteiger partial charge in [-0.2, -0.15) is 0 Å². The molecular weight excluding hydrogens is 388 g/mol. The maximum atomic E-state index is 6.06. The van der Waals surface area contributed by atoms with Crippen molar-refractivity contribution in [1.29, 1.82) is 0 Å². The van der Waals surface area contributed by atoms with E-state index in [1.54, 1.807) is 14.2 Å². The minimum Gasteiger partial charge on any atom is -1.00 e. The first-order valence-electron chi connectivity index (χ1n) is 6.55. The Labute approximate surface area is 167 Å². The monoisotopic (exact) mass is 400 g/mol. The molecule has 0 N–H and O–H groups in total. The Morgan fingerprint density at radius 1 is 0.913 bits per heavy atom. The Balaban J connectivity index is 0.00000132. The maximum Gasteiger partial charge on any atom is 2.00 e. The number of methoxy groups -OCH3 is 2. The van der Waals surface area contributed by atoms with Crippen molar-refractivity contribution in [1.82, 2.24) is 0 Å². The number of halogens is 2. The molecule has 0 heterocycles. The molecule has 0 saturated carbocycles. The topological polar surface area (TPSA) is 18.5 Å². The standard InChI is InChI=1S/C18H14ClO2.BrH.Mg/c1-20-17-9-6-13(11-18(17)21-2)15-5-3-4-12-10-14(19)7-8-16(12)15;;/h3-4,6-11H,1-2H3;1H;/q-1;;+2/p-1. The molecule has 0 aliphatic rings. The minimum absolute atomic E-state index is 0. The first-order chi connectivity index (χ1) is 10.2. The summed E-state index contributed by atoms with van der Waals surface area (Å²) in [6.45, 7) is 0. The Morgan fingerprint density at radius 3 is 2.35 bits per heavy atom. The van der Waals surface area contributed by atoms with E-state index in [4.69, 9.17) is 21.1 Å². The second-order valence-corrected chi connectivity index (χ2v) is 5.09. The van der Waals surface area contributed by atoms with E-state index in [2.05, 4.69) is 6.07 Å². The molecule has 23 heavy (non-hydrogen) atoms. The quantitative estimate of drug-likeness (QED) is 0.490. The molecule has 3 aromatic carbocycles. The molecule has 5 heteroatoms. The Hall–Kier alpha value is -0.944. The summed E-state index contributed by atoms with van der Waals surface area (Å²) in [5.41, 5.74) is 2.05. The van der Waals surface area contributed by atoms with Crippen molar-refractivity contribution in [3.63, 3.8) is 0 Å². The van der Waals surface area contributed by atoms with Crippen LogP contribution in [0.5, 0.6) is 11.5 Å². The predicted molar refractivity (Wildman–Crippen MR) is 92.1 cm³/mol. The predicted octanol–water partition coefficient (Wildman–Crippen LogP) is 1.60. The van der Waals surface area contributed by atoms with E-state index in [1.807, 2.05) is 48.5 Å². The van der Waals surface area contributed by atoms with Crippen LogP contribution in [0.2, 0.25) is 5.02 Å². The van der Waals surface area contributed by atoms with Crippen LogP contribution >= 0.6 is 11.6 Å². The number of hydrogen-bond acceptors (Lipinski definition) is 2. The van der Waals surface area contributed by atoms with Gasteiger partial charge in [-0.3, -0.25) is 0 Å². The number of hydrogen-bond donors (Lipinski definition) is 0. The van der Waals surface area contributed by atoms with Crippen molar-refractivity contribution < 1.29 is 26.5 Å². The second-order valence-electron chi connectivity index (χ2n) is 4.65. The second kappa shape index (κ2) is 8.78. The summed E-state index contributed by atoms with van der Waals surface area (Å²) in [7, 11) is 3.26. The van der Waals surface area contributed by atoms with Gasteiger partial charge in [0.15, 0.2) is 11.5 Å². The smallest absolute Gasteiger partial charge is 1.00 e. The first-order valence-corrected chi connectivity index (χ1v) is 6.93. The Morgan fingerprint density at radius 2 is 1.65 bits per heavy atom. The van der Waals surface area contributed by atoms with Gasteiger partial charge in [0.05, 0.1) is 14.2 Å². The van der Waals surface area contributed by atoms with Crippen molar-refractivity contribution in [2.45, 2.75) is 0 Å². The minimum atomic E-state index is 0. The number of ether oxygens (including phenoxy) is 2. The van der Waals surface area contributed by atoms with Crippen LogP contribution < -0.4 is 26.5 Å². The van der Waals surface area contributed by atoms with Crippen molar-refractivity contribution >= 4 is 45.4 Å². The van der Waals surface area contributed by atoms with Gasteiger partial charge in [0.25, 0.3) is 0 Å². The summed E-state index contributed by atoms with van der Waals surface area (Å²) in [6, 6.07) is 18.9. The third-order valence-corrected chi connectivity index (χ3v) is 3.68. The van der Waals surface area contributed by atoms with Crippen LogP contribution in [0, 0.1) is 6.07 Å². The van der Waals surface area contributed by atoms with E-state index >= 15 is 0 Å². The van der Waals surface area contributed by atoms with Crippen LogP contribution in [0.3, 0.4) is 0 Å². The van der Waals surface area contributed by atoms with Gasteiger partial charge >= 0.3 is 23.1 Å². The first kappa shape index (κ1) is 20.1. The summed E-state index contributed by atoms with van der Waals surface area (Å²) < 4.78 is 10.6. The zero-order chi connectivity index (χ0) is 14.8. The zero-order valence-corrected chi connectivity index (χ0v) is 16.7. The number of fused-ring (bicyclic) bond motifs is 1. The van der Waals surface area contributed by atoms with Gasteiger partial charge in [-0.15, -0.1) is 29.1 Å². The number of rotatable bonds is 3. The molecule has 0 fully saturated rings. The average Bonchev–Trinajstić information content (AvgIpc) is 2.53. The molecule has 0 amide bonds. The van der Waals surface area contributed by atoms with Crippen LogP contribution in [-0.4, -0.2) is 37.3 Å². The van der Waals surface area contributed by atoms with Gasteiger partial charge in [-0.25, -0.2) is 0 Å². The van der Waals surface area contributed by atoms with Gasteiger partial charge in [-0.05, 0) is 6.07 Å². The van der Waals surface area contributed by atoms with Gasteiger partial charge in [0.1, 0.15) is 0 Å². The van der Waals surface area contributed by atoms with E-state index in [0.717, 1.165) is 26.9 Å². The fourth-order valence-corrected chi connectivity index (χ4v) is 2.60. The van der Waals surface area contributed by atoms with Crippen molar-refractivity contribution in [2.24, 2.45) is 0 Å². The third kappa shape index (κ3) is 4.12. The molecule has 0 bridgehead atoms. The van der Waals surface area contributed by atoms with E-state index in [1.165, 1.54) is 0 Å². The van der Waals surface area contributed by atoms with E-state index in [9.17, 15) is 0 Å². The van der Waals surface area contributed by atoms with Crippen molar-refractivity contribution in [2.75, 3.05) is 14.2 Å². The average molecular weight is 402 g/mol. The summed E-state index contributed by atoms with van der Waals surface area (Å²) >= 11 is 6.06. The summed E-state index contributed by atoms with van der Waals surface area (Å²) in [5.74, 6) is 1.42. The van der Waals surface area contributed by atoms with Crippen LogP contribution in [0.15, 0.2) is 48.5 Å². The SMILES string of the molecule is COc1ccc(-c2[c-]ccc3cc(Cl)ccc23)cc1OC.[Br-].[Mg+2]. The van der Waals surface area contributed by atoms with Crippen molar-refractivity contribution in [3.05, 3.63) is 59.6 Å². The molecule has 2 nitrogen and oxygen atoms in total.